The molecule has 0 saturated heterocycles. The maximum Gasteiger partial charge on any atom is 0.326 e. The summed E-state index contributed by atoms with van der Waals surface area (Å²) in [6.45, 7) is 6.39. The Labute approximate surface area is 123 Å². The van der Waals surface area contributed by atoms with Crippen LogP contribution in [0.15, 0.2) is 12.2 Å². The van der Waals surface area contributed by atoms with Gasteiger partial charge in [0.05, 0.1) is 13.2 Å². The molecule has 0 aromatic heterocycles. The lowest BCUT2D eigenvalue weighted by atomic mass is 10.1. The number of rotatable bonds is 11. The highest BCUT2D eigenvalue weighted by Gasteiger charge is 2.19. The molecule has 120 valence electrons. The van der Waals surface area contributed by atoms with Gasteiger partial charge in [0.1, 0.15) is 6.04 Å². The fourth-order valence-corrected chi connectivity index (χ4v) is 1.41. The van der Waals surface area contributed by atoms with E-state index >= 15 is 0 Å². The number of urea groups is 1. The summed E-state index contributed by atoms with van der Waals surface area (Å²) < 4.78 is 5.17. The predicted octanol–water partition coefficient (Wildman–Crippen LogP) is 0.586. The Hall–Kier alpha value is -2.09. The van der Waals surface area contributed by atoms with E-state index in [4.69, 9.17) is 14.9 Å². The van der Waals surface area contributed by atoms with Gasteiger partial charge in [-0.05, 0) is 19.8 Å². The van der Waals surface area contributed by atoms with E-state index in [0.29, 0.717) is 6.61 Å². The average Bonchev–Trinajstić information content (AvgIpc) is 2.36. The number of carbonyl (C=O) groups is 3. The zero-order valence-corrected chi connectivity index (χ0v) is 12.1. The molecule has 0 aliphatic heterocycles. The molecule has 0 aliphatic carbocycles. The van der Waals surface area contributed by atoms with Gasteiger partial charge in [0.25, 0.3) is 0 Å². The van der Waals surface area contributed by atoms with Gasteiger partial charge in [0, 0.05) is 13.0 Å². The highest BCUT2D eigenvalue weighted by atomic mass is 16.5. The van der Waals surface area contributed by atoms with Crippen molar-refractivity contribution in [2.24, 2.45) is 0 Å². The summed E-state index contributed by atoms with van der Waals surface area (Å²) in [4.78, 5) is 32.8. The lowest BCUT2D eigenvalue weighted by molar-refractivity contribution is -0.140. The summed E-state index contributed by atoms with van der Waals surface area (Å²) >= 11 is 0. The van der Waals surface area contributed by atoms with Crippen molar-refractivity contribution in [2.75, 3.05) is 19.8 Å². The van der Waals surface area contributed by atoms with Crippen molar-refractivity contribution in [1.82, 2.24) is 10.6 Å². The van der Waals surface area contributed by atoms with Crippen molar-refractivity contribution >= 4 is 18.0 Å². The van der Waals surface area contributed by atoms with Crippen molar-refractivity contribution in [1.29, 1.82) is 0 Å². The van der Waals surface area contributed by atoms with E-state index in [9.17, 15) is 14.4 Å². The third kappa shape index (κ3) is 11.4. The van der Waals surface area contributed by atoms with Crippen LogP contribution < -0.4 is 10.6 Å². The number of carboxylic acids is 2. The molecule has 0 heterocycles. The van der Waals surface area contributed by atoms with Crippen LogP contribution in [-0.2, 0) is 14.3 Å². The molecule has 0 aliphatic rings. The SMILES string of the molecule is C=C(C)COCCNC(=O)N[C@H](CCCC(=O)O)C(=O)O. The van der Waals surface area contributed by atoms with Crippen LogP contribution in [0.5, 0.6) is 0 Å². The smallest absolute Gasteiger partial charge is 0.326 e. The van der Waals surface area contributed by atoms with E-state index in [-0.39, 0.29) is 32.4 Å². The first-order valence-corrected chi connectivity index (χ1v) is 6.54. The van der Waals surface area contributed by atoms with Crippen LogP contribution in [0, 0.1) is 0 Å². The normalized spacial score (nSPS) is 11.5. The molecule has 0 unspecified atom stereocenters. The van der Waals surface area contributed by atoms with Crippen molar-refractivity contribution in [3.63, 3.8) is 0 Å². The molecular formula is C13H22N2O6. The van der Waals surface area contributed by atoms with Crippen LogP contribution in [0.3, 0.4) is 0 Å². The largest absolute Gasteiger partial charge is 0.481 e. The summed E-state index contributed by atoms with van der Waals surface area (Å²) in [7, 11) is 0. The van der Waals surface area contributed by atoms with Crippen molar-refractivity contribution < 1.29 is 29.3 Å². The van der Waals surface area contributed by atoms with Gasteiger partial charge in [-0.15, -0.1) is 0 Å². The molecule has 0 spiro atoms. The third-order valence-corrected chi connectivity index (χ3v) is 2.37. The Kier molecular flexibility index (Phi) is 9.61. The van der Waals surface area contributed by atoms with E-state index in [1.165, 1.54) is 0 Å². The van der Waals surface area contributed by atoms with Crippen LogP contribution in [0.25, 0.3) is 0 Å². The van der Waals surface area contributed by atoms with Gasteiger partial charge >= 0.3 is 18.0 Å². The molecule has 0 rings (SSSR count). The van der Waals surface area contributed by atoms with E-state index < -0.39 is 24.0 Å². The molecule has 1 atom stereocenters. The summed E-state index contributed by atoms with van der Waals surface area (Å²) in [5.74, 6) is -2.20. The summed E-state index contributed by atoms with van der Waals surface area (Å²) in [5.41, 5.74) is 0.865. The van der Waals surface area contributed by atoms with Gasteiger partial charge in [0.2, 0.25) is 0 Å². The molecule has 21 heavy (non-hydrogen) atoms. The molecule has 0 aromatic rings. The number of aliphatic carboxylic acids is 2. The lowest BCUT2D eigenvalue weighted by Gasteiger charge is -2.14. The lowest BCUT2D eigenvalue weighted by Crippen LogP contribution is -2.46. The Morgan fingerprint density at radius 3 is 2.48 bits per heavy atom. The number of hydrogen-bond acceptors (Lipinski definition) is 4. The Morgan fingerprint density at radius 2 is 1.95 bits per heavy atom. The van der Waals surface area contributed by atoms with E-state index in [1.807, 2.05) is 6.92 Å². The number of carbonyl (C=O) groups excluding carboxylic acids is 1. The standard InChI is InChI=1S/C13H22N2O6/c1-9(2)8-21-7-6-14-13(20)15-10(12(18)19)4-3-5-11(16)17/h10H,1,3-8H2,2H3,(H,16,17)(H,18,19)(H2,14,15,20)/t10-/m1/s1. The maximum atomic E-state index is 11.5. The van der Waals surface area contributed by atoms with Gasteiger partial charge in [0.15, 0.2) is 0 Å². The van der Waals surface area contributed by atoms with Gasteiger partial charge in [-0.2, -0.15) is 0 Å². The second-order valence-electron chi connectivity index (χ2n) is 4.59. The molecular weight excluding hydrogens is 280 g/mol. The van der Waals surface area contributed by atoms with Crippen LogP contribution in [0.2, 0.25) is 0 Å². The number of hydrogen-bond donors (Lipinski definition) is 4. The van der Waals surface area contributed by atoms with Crippen LogP contribution in [-0.4, -0.2) is 54.0 Å². The van der Waals surface area contributed by atoms with Crippen molar-refractivity contribution in [3.05, 3.63) is 12.2 Å². The topological polar surface area (TPSA) is 125 Å². The molecule has 8 nitrogen and oxygen atoms in total. The van der Waals surface area contributed by atoms with E-state index in [1.54, 1.807) is 0 Å². The fourth-order valence-electron chi connectivity index (χ4n) is 1.41. The summed E-state index contributed by atoms with van der Waals surface area (Å²) in [5, 5.41) is 22.1. The van der Waals surface area contributed by atoms with Gasteiger partial charge in [-0.25, -0.2) is 9.59 Å². The van der Waals surface area contributed by atoms with Crippen molar-refractivity contribution in [2.45, 2.75) is 32.2 Å². The maximum absolute atomic E-state index is 11.5. The minimum Gasteiger partial charge on any atom is -0.481 e. The van der Waals surface area contributed by atoms with Crippen molar-refractivity contribution in [3.8, 4) is 0 Å². The van der Waals surface area contributed by atoms with E-state index in [0.717, 1.165) is 5.57 Å². The summed E-state index contributed by atoms with van der Waals surface area (Å²) in [6.07, 6.45) is 0.0946. The Bertz CT molecular complexity index is 383. The molecule has 0 saturated carbocycles. The third-order valence-electron chi connectivity index (χ3n) is 2.37. The molecule has 0 aromatic carbocycles. The van der Waals surface area contributed by atoms with Gasteiger partial charge in [-0.3, -0.25) is 4.79 Å². The Morgan fingerprint density at radius 1 is 1.29 bits per heavy atom. The second kappa shape index (κ2) is 10.7. The zero-order valence-electron chi connectivity index (χ0n) is 12.1. The number of ether oxygens (including phenoxy) is 1. The van der Waals surface area contributed by atoms with Crippen LogP contribution in [0.4, 0.5) is 4.79 Å². The fraction of sp³-hybridized carbons (Fsp3) is 0.615. The van der Waals surface area contributed by atoms with Gasteiger partial charge < -0.3 is 25.6 Å². The monoisotopic (exact) mass is 302 g/mol. The first-order valence-electron chi connectivity index (χ1n) is 6.54. The highest BCUT2D eigenvalue weighted by Crippen LogP contribution is 2.01. The van der Waals surface area contributed by atoms with Crippen LogP contribution in [0.1, 0.15) is 26.2 Å². The second-order valence-corrected chi connectivity index (χ2v) is 4.59. The number of carboxylic acid groups (broad SMARTS) is 2. The molecule has 0 radical (unpaired) electrons. The predicted molar refractivity (Wildman–Crippen MR) is 75.1 cm³/mol. The molecule has 4 N–H and O–H groups in total. The molecule has 0 bridgehead atoms. The number of nitrogens with one attached hydrogen (secondary N) is 2. The molecule has 2 amide bonds. The first-order chi connectivity index (χ1) is 9.82. The molecule has 8 heteroatoms. The minimum atomic E-state index is -1.20. The Balaban J connectivity index is 3.92. The minimum absolute atomic E-state index is 0.0568. The van der Waals surface area contributed by atoms with E-state index in [2.05, 4.69) is 17.2 Å². The highest BCUT2D eigenvalue weighted by molar-refractivity contribution is 5.82. The zero-order chi connectivity index (χ0) is 16.3. The average molecular weight is 302 g/mol. The number of amides is 2. The quantitative estimate of drug-likeness (QED) is 0.327. The summed E-state index contributed by atoms with van der Waals surface area (Å²) in [6, 6.07) is -1.74. The molecule has 0 fully saturated rings. The first kappa shape index (κ1) is 18.9. The van der Waals surface area contributed by atoms with Crippen LogP contribution >= 0.6 is 0 Å². The van der Waals surface area contributed by atoms with Gasteiger partial charge in [-0.1, -0.05) is 12.2 Å².